The number of rotatable bonds is 5. The molecule has 0 radical (unpaired) electrons. The molecule has 0 heterocycles. The molecule has 1 atom stereocenters. The monoisotopic (exact) mass is 223 g/mol. The van der Waals surface area contributed by atoms with E-state index in [0.717, 1.165) is 11.3 Å². The van der Waals surface area contributed by atoms with Crippen molar-refractivity contribution in [2.24, 2.45) is 5.73 Å². The van der Waals surface area contributed by atoms with Gasteiger partial charge < -0.3 is 15.2 Å². The molecule has 3 heteroatoms. The van der Waals surface area contributed by atoms with Crippen molar-refractivity contribution >= 4 is 0 Å². The number of nitrogens with two attached hydrogens (primary N) is 1. The lowest BCUT2D eigenvalue weighted by molar-refractivity contribution is 0.181. The van der Waals surface area contributed by atoms with E-state index in [2.05, 4.69) is 19.1 Å². The summed E-state index contributed by atoms with van der Waals surface area (Å²) >= 11 is 0. The van der Waals surface area contributed by atoms with Gasteiger partial charge in [0.1, 0.15) is 5.75 Å². The van der Waals surface area contributed by atoms with Crippen molar-refractivity contribution in [1.29, 1.82) is 0 Å². The van der Waals surface area contributed by atoms with Gasteiger partial charge in [0.25, 0.3) is 0 Å². The lowest BCUT2D eigenvalue weighted by Crippen LogP contribution is -2.18. The molecule has 0 aromatic heterocycles. The minimum Gasteiger partial charge on any atom is -0.496 e. The summed E-state index contributed by atoms with van der Waals surface area (Å²) in [5.41, 5.74) is 9.36. The lowest BCUT2D eigenvalue weighted by Gasteiger charge is -2.18. The van der Waals surface area contributed by atoms with Gasteiger partial charge in [0.15, 0.2) is 0 Å². The van der Waals surface area contributed by atoms with Crippen molar-refractivity contribution in [3.63, 3.8) is 0 Å². The Morgan fingerprint density at radius 3 is 2.38 bits per heavy atom. The van der Waals surface area contributed by atoms with Crippen LogP contribution in [0.4, 0.5) is 0 Å². The Balaban J connectivity index is 3.08. The predicted molar refractivity (Wildman–Crippen MR) is 66.1 cm³/mol. The largest absolute Gasteiger partial charge is 0.496 e. The summed E-state index contributed by atoms with van der Waals surface area (Å²) < 4.78 is 10.5. The second-order valence-corrected chi connectivity index (χ2v) is 4.07. The smallest absolute Gasteiger partial charge is 0.122 e. The zero-order chi connectivity index (χ0) is 12.1. The summed E-state index contributed by atoms with van der Waals surface area (Å²) in [5.74, 6) is 1.18. The van der Waals surface area contributed by atoms with Gasteiger partial charge in [-0.15, -0.1) is 0 Å². The first-order valence-corrected chi connectivity index (χ1v) is 5.48. The molecule has 1 unspecified atom stereocenters. The third-order valence-electron chi connectivity index (χ3n) is 2.88. The summed E-state index contributed by atoms with van der Waals surface area (Å²) in [7, 11) is 3.39. The van der Waals surface area contributed by atoms with Crippen molar-refractivity contribution in [3.8, 4) is 5.75 Å². The van der Waals surface area contributed by atoms with Crippen LogP contribution in [0.2, 0.25) is 0 Å². The summed E-state index contributed by atoms with van der Waals surface area (Å²) in [6, 6.07) is 4.20. The molecule has 0 bridgehead atoms. The van der Waals surface area contributed by atoms with E-state index in [9.17, 15) is 0 Å². The van der Waals surface area contributed by atoms with Gasteiger partial charge in [-0.3, -0.25) is 0 Å². The highest BCUT2D eigenvalue weighted by Gasteiger charge is 2.14. The normalized spacial score (nSPS) is 12.6. The maximum Gasteiger partial charge on any atom is 0.122 e. The van der Waals surface area contributed by atoms with Crippen LogP contribution in [0.1, 0.15) is 22.6 Å². The Labute approximate surface area is 97.6 Å². The molecule has 0 aliphatic carbocycles. The molecule has 1 rings (SSSR count). The van der Waals surface area contributed by atoms with Crippen LogP contribution in [0, 0.1) is 13.8 Å². The maximum absolute atomic E-state index is 5.77. The summed E-state index contributed by atoms with van der Waals surface area (Å²) in [6.45, 7) is 5.38. The van der Waals surface area contributed by atoms with Crippen LogP contribution in [0.25, 0.3) is 0 Å². The summed E-state index contributed by atoms with van der Waals surface area (Å²) in [6.07, 6.45) is 0. The van der Waals surface area contributed by atoms with Crippen LogP contribution >= 0.6 is 0 Å². The van der Waals surface area contributed by atoms with Gasteiger partial charge in [0.2, 0.25) is 0 Å². The van der Waals surface area contributed by atoms with Crippen LogP contribution < -0.4 is 10.5 Å². The van der Waals surface area contributed by atoms with E-state index >= 15 is 0 Å². The SMILES string of the molecule is COCC(CN)c1cc(C)c(OC)cc1C. The molecule has 0 spiro atoms. The average Bonchev–Trinajstić information content (AvgIpc) is 2.28. The summed E-state index contributed by atoms with van der Waals surface area (Å²) in [5, 5.41) is 0. The molecule has 0 aliphatic heterocycles. The molecule has 0 amide bonds. The topological polar surface area (TPSA) is 44.5 Å². The van der Waals surface area contributed by atoms with E-state index < -0.39 is 0 Å². The van der Waals surface area contributed by atoms with Gasteiger partial charge in [-0.2, -0.15) is 0 Å². The third-order valence-corrected chi connectivity index (χ3v) is 2.88. The highest BCUT2D eigenvalue weighted by atomic mass is 16.5. The van der Waals surface area contributed by atoms with Gasteiger partial charge in [-0.25, -0.2) is 0 Å². The van der Waals surface area contributed by atoms with Crippen LogP contribution in [0.5, 0.6) is 5.75 Å². The number of hydrogen-bond acceptors (Lipinski definition) is 3. The predicted octanol–water partition coefficient (Wildman–Crippen LogP) is 2.00. The van der Waals surface area contributed by atoms with Crippen LogP contribution in [0.3, 0.4) is 0 Å². The van der Waals surface area contributed by atoms with E-state index in [1.807, 2.05) is 6.92 Å². The van der Waals surface area contributed by atoms with Gasteiger partial charge >= 0.3 is 0 Å². The quantitative estimate of drug-likeness (QED) is 0.830. The zero-order valence-corrected chi connectivity index (χ0v) is 10.5. The van der Waals surface area contributed by atoms with Gasteiger partial charge in [0.05, 0.1) is 13.7 Å². The standard InChI is InChI=1S/C13H21NO2/c1-9-6-13(16-4)10(2)5-12(9)11(7-14)8-15-3/h5-6,11H,7-8,14H2,1-4H3. The molecule has 0 fully saturated rings. The van der Waals surface area contributed by atoms with Crippen molar-refractivity contribution in [3.05, 3.63) is 28.8 Å². The van der Waals surface area contributed by atoms with Crippen molar-refractivity contribution in [2.45, 2.75) is 19.8 Å². The van der Waals surface area contributed by atoms with Crippen molar-refractivity contribution in [2.75, 3.05) is 27.4 Å². The Hall–Kier alpha value is -1.06. The van der Waals surface area contributed by atoms with Gasteiger partial charge in [-0.1, -0.05) is 6.07 Å². The minimum absolute atomic E-state index is 0.259. The molecule has 3 nitrogen and oxygen atoms in total. The Kier molecular flexibility index (Phi) is 4.77. The maximum atomic E-state index is 5.77. The second-order valence-electron chi connectivity index (χ2n) is 4.07. The van der Waals surface area contributed by atoms with Crippen LogP contribution in [-0.4, -0.2) is 27.4 Å². The van der Waals surface area contributed by atoms with E-state index in [0.29, 0.717) is 13.2 Å². The Morgan fingerprint density at radius 2 is 1.88 bits per heavy atom. The van der Waals surface area contributed by atoms with E-state index in [-0.39, 0.29) is 5.92 Å². The molecule has 90 valence electrons. The number of hydrogen-bond donors (Lipinski definition) is 1. The summed E-state index contributed by atoms with van der Waals surface area (Å²) in [4.78, 5) is 0. The number of benzene rings is 1. The lowest BCUT2D eigenvalue weighted by atomic mass is 9.93. The zero-order valence-electron chi connectivity index (χ0n) is 10.5. The molecular weight excluding hydrogens is 202 g/mol. The highest BCUT2D eigenvalue weighted by Crippen LogP contribution is 2.27. The molecule has 1 aromatic rings. The first kappa shape index (κ1) is 13.0. The molecule has 16 heavy (non-hydrogen) atoms. The van der Waals surface area contributed by atoms with Crippen molar-refractivity contribution in [1.82, 2.24) is 0 Å². The minimum atomic E-state index is 0.259. The van der Waals surface area contributed by atoms with E-state index in [1.54, 1.807) is 14.2 Å². The first-order valence-electron chi connectivity index (χ1n) is 5.48. The fourth-order valence-electron chi connectivity index (χ4n) is 1.96. The second kappa shape index (κ2) is 5.87. The molecule has 2 N–H and O–H groups in total. The number of aryl methyl sites for hydroxylation is 2. The van der Waals surface area contributed by atoms with Crippen LogP contribution in [-0.2, 0) is 4.74 Å². The van der Waals surface area contributed by atoms with Gasteiger partial charge in [0, 0.05) is 19.6 Å². The average molecular weight is 223 g/mol. The third kappa shape index (κ3) is 2.74. The van der Waals surface area contributed by atoms with Gasteiger partial charge in [-0.05, 0) is 36.6 Å². The molecule has 0 saturated carbocycles. The molecular formula is C13H21NO2. The number of methoxy groups -OCH3 is 2. The number of ether oxygens (including phenoxy) is 2. The molecule has 0 saturated heterocycles. The van der Waals surface area contributed by atoms with Crippen LogP contribution in [0.15, 0.2) is 12.1 Å². The fraction of sp³-hybridized carbons (Fsp3) is 0.538. The first-order chi connectivity index (χ1) is 7.63. The highest BCUT2D eigenvalue weighted by molar-refractivity contribution is 5.43. The van der Waals surface area contributed by atoms with Crippen molar-refractivity contribution < 1.29 is 9.47 Å². The Bertz CT molecular complexity index is 350. The molecule has 1 aromatic carbocycles. The fourth-order valence-corrected chi connectivity index (χ4v) is 1.96. The van der Waals surface area contributed by atoms with E-state index in [1.165, 1.54) is 11.1 Å². The molecule has 0 aliphatic rings. The Morgan fingerprint density at radius 1 is 1.19 bits per heavy atom. The van der Waals surface area contributed by atoms with E-state index in [4.69, 9.17) is 15.2 Å².